The van der Waals surface area contributed by atoms with Crippen molar-refractivity contribution in [3.63, 3.8) is 0 Å². The van der Waals surface area contributed by atoms with E-state index in [1.165, 1.54) is 20.3 Å². The molecule has 0 fully saturated rings. The first kappa shape index (κ1) is 12.6. The van der Waals surface area contributed by atoms with E-state index in [1.54, 1.807) is 0 Å². The summed E-state index contributed by atoms with van der Waals surface area (Å²) in [6, 6.07) is 0. The van der Waals surface area contributed by atoms with Gasteiger partial charge in [-0.15, -0.1) is 6.58 Å². The van der Waals surface area contributed by atoms with Gasteiger partial charge in [0.1, 0.15) is 0 Å². The summed E-state index contributed by atoms with van der Waals surface area (Å²) < 4.78 is 8.79. The number of ether oxygens (including phenoxy) is 2. The van der Waals surface area contributed by atoms with E-state index in [9.17, 15) is 14.7 Å². The Bertz CT molecular complexity index is 207. The minimum Gasteiger partial charge on any atom is -0.468 e. The molecule has 0 aromatic carbocycles. The molecule has 0 saturated carbocycles. The monoisotopic (exact) mass is 202 g/mol. The lowest BCUT2D eigenvalue weighted by molar-refractivity contribution is -0.160. The van der Waals surface area contributed by atoms with Crippen molar-refractivity contribution in [2.45, 2.75) is 12.5 Å². The van der Waals surface area contributed by atoms with E-state index in [0.717, 1.165) is 0 Å². The summed E-state index contributed by atoms with van der Waals surface area (Å²) >= 11 is 0. The molecule has 0 aliphatic heterocycles. The van der Waals surface area contributed by atoms with E-state index in [2.05, 4.69) is 16.1 Å². The largest absolute Gasteiger partial charge is 0.468 e. The topological polar surface area (TPSA) is 72.8 Å². The van der Waals surface area contributed by atoms with Crippen LogP contribution in [0.25, 0.3) is 0 Å². The van der Waals surface area contributed by atoms with Crippen molar-refractivity contribution in [3.05, 3.63) is 12.7 Å². The number of aliphatic hydroxyl groups excluding tert-OH is 1. The third kappa shape index (κ3) is 3.57. The van der Waals surface area contributed by atoms with Crippen molar-refractivity contribution < 1.29 is 24.2 Å². The van der Waals surface area contributed by atoms with E-state index in [1.807, 2.05) is 0 Å². The highest BCUT2D eigenvalue weighted by Crippen LogP contribution is 2.11. The van der Waals surface area contributed by atoms with E-state index < -0.39 is 24.0 Å². The van der Waals surface area contributed by atoms with Crippen LogP contribution in [0.3, 0.4) is 0 Å². The molecule has 0 aliphatic rings. The lowest BCUT2D eigenvalue weighted by Crippen LogP contribution is -2.29. The summed E-state index contributed by atoms with van der Waals surface area (Å²) in [6.45, 7) is 3.33. The van der Waals surface area contributed by atoms with E-state index in [4.69, 9.17) is 0 Å². The third-order valence-corrected chi connectivity index (χ3v) is 1.72. The molecular formula is C9H14O5. The molecule has 1 N–H and O–H groups in total. The number of rotatable bonds is 5. The van der Waals surface area contributed by atoms with E-state index >= 15 is 0 Å². The fourth-order valence-electron chi connectivity index (χ4n) is 0.911. The van der Waals surface area contributed by atoms with Crippen molar-refractivity contribution >= 4 is 11.9 Å². The molecule has 1 unspecified atom stereocenters. The smallest absolute Gasteiger partial charge is 0.320 e. The van der Waals surface area contributed by atoms with Crippen LogP contribution >= 0.6 is 0 Å². The average Bonchev–Trinajstić information content (AvgIpc) is 2.23. The molecule has 0 aliphatic carbocycles. The SMILES string of the molecule is C=CC(O)CC(C(=O)OC)C(=O)OC. The van der Waals surface area contributed by atoms with Gasteiger partial charge in [0.05, 0.1) is 20.3 Å². The summed E-state index contributed by atoms with van der Waals surface area (Å²) in [4.78, 5) is 22.2. The quantitative estimate of drug-likeness (QED) is 0.382. The molecule has 14 heavy (non-hydrogen) atoms. The molecule has 0 heterocycles. The Morgan fingerprint density at radius 1 is 1.36 bits per heavy atom. The number of aliphatic hydroxyl groups is 1. The normalized spacial score (nSPS) is 12.0. The lowest BCUT2D eigenvalue weighted by atomic mass is 10.0. The predicted molar refractivity (Wildman–Crippen MR) is 48.3 cm³/mol. The number of carbonyl (C=O) groups is 2. The predicted octanol–water partition coefficient (Wildman–Crippen LogP) is -0.114. The Morgan fingerprint density at radius 2 is 1.79 bits per heavy atom. The Morgan fingerprint density at radius 3 is 2.07 bits per heavy atom. The maximum absolute atomic E-state index is 11.1. The molecule has 0 saturated heterocycles. The first-order valence-electron chi connectivity index (χ1n) is 4.03. The average molecular weight is 202 g/mol. The van der Waals surface area contributed by atoms with Crippen LogP contribution in [0.4, 0.5) is 0 Å². The Kier molecular flexibility index (Phi) is 5.55. The van der Waals surface area contributed by atoms with E-state index in [-0.39, 0.29) is 6.42 Å². The second-order valence-corrected chi connectivity index (χ2v) is 2.64. The Hall–Kier alpha value is -1.36. The summed E-state index contributed by atoms with van der Waals surface area (Å²) in [5.74, 6) is -2.55. The van der Waals surface area contributed by atoms with Gasteiger partial charge in [0, 0.05) is 6.42 Å². The zero-order chi connectivity index (χ0) is 11.1. The van der Waals surface area contributed by atoms with Crippen LogP contribution in [0.5, 0.6) is 0 Å². The van der Waals surface area contributed by atoms with Crippen molar-refractivity contribution in [3.8, 4) is 0 Å². The molecule has 0 aromatic rings. The minimum atomic E-state index is -1.10. The number of hydrogen-bond acceptors (Lipinski definition) is 5. The molecule has 5 nitrogen and oxygen atoms in total. The van der Waals surface area contributed by atoms with Gasteiger partial charge in [-0.1, -0.05) is 6.08 Å². The summed E-state index contributed by atoms with van der Waals surface area (Å²) in [5.41, 5.74) is 0. The molecule has 0 radical (unpaired) electrons. The number of hydrogen-bond donors (Lipinski definition) is 1. The number of methoxy groups -OCH3 is 2. The van der Waals surface area contributed by atoms with Gasteiger partial charge in [-0.3, -0.25) is 9.59 Å². The summed E-state index contributed by atoms with van der Waals surface area (Å²) in [6.07, 6.45) is 0.222. The van der Waals surface area contributed by atoms with Gasteiger partial charge in [-0.2, -0.15) is 0 Å². The van der Waals surface area contributed by atoms with Crippen LogP contribution in [0.1, 0.15) is 6.42 Å². The first-order chi connectivity index (χ1) is 6.56. The molecule has 1 atom stereocenters. The number of esters is 2. The maximum atomic E-state index is 11.1. The highest BCUT2D eigenvalue weighted by Gasteiger charge is 2.30. The fourth-order valence-corrected chi connectivity index (χ4v) is 0.911. The van der Waals surface area contributed by atoms with Gasteiger partial charge in [0.15, 0.2) is 5.92 Å². The van der Waals surface area contributed by atoms with Gasteiger partial charge < -0.3 is 14.6 Å². The zero-order valence-electron chi connectivity index (χ0n) is 8.23. The summed E-state index contributed by atoms with van der Waals surface area (Å²) in [7, 11) is 2.33. The van der Waals surface area contributed by atoms with Crippen LogP contribution < -0.4 is 0 Å². The third-order valence-electron chi connectivity index (χ3n) is 1.72. The van der Waals surface area contributed by atoms with Gasteiger partial charge >= 0.3 is 11.9 Å². The highest BCUT2D eigenvalue weighted by molar-refractivity contribution is 5.94. The second-order valence-electron chi connectivity index (χ2n) is 2.64. The van der Waals surface area contributed by atoms with Crippen molar-refractivity contribution in [1.82, 2.24) is 0 Å². The lowest BCUT2D eigenvalue weighted by Gasteiger charge is -2.13. The molecule has 0 bridgehead atoms. The zero-order valence-corrected chi connectivity index (χ0v) is 8.23. The van der Waals surface area contributed by atoms with Gasteiger partial charge in [-0.05, 0) is 0 Å². The Labute approximate surface area is 82.3 Å². The standard InChI is InChI=1S/C9H14O5/c1-4-6(10)5-7(8(11)13-2)9(12)14-3/h4,6-7,10H,1,5H2,2-3H3. The van der Waals surface area contributed by atoms with Crippen LogP contribution in [-0.4, -0.2) is 37.4 Å². The molecular weight excluding hydrogens is 188 g/mol. The molecule has 0 rings (SSSR count). The van der Waals surface area contributed by atoms with Crippen molar-refractivity contribution in [1.29, 1.82) is 0 Å². The van der Waals surface area contributed by atoms with Crippen LogP contribution in [0, 0.1) is 5.92 Å². The van der Waals surface area contributed by atoms with Gasteiger partial charge in [0.2, 0.25) is 0 Å². The van der Waals surface area contributed by atoms with Crippen LogP contribution in [0.2, 0.25) is 0 Å². The van der Waals surface area contributed by atoms with Crippen molar-refractivity contribution in [2.75, 3.05) is 14.2 Å². The highest BCUT2D eigenvalue weighted by atomic mass is 16.5. The molecule has 5 heteroatoms. The van der Waals surface area contributed by atoms with Crippen molar-refractivity contribution in [2.24, 2.45) is 5.92 Å². The van der Waals surface area contributed by atoms with E-state index in [0.29, 0.717) is 0 Å². The number of carbonyl (C=O) groups excluding carboxylic acids is 2. The summed E-state index contributed by atoms with van der Waals surface area (Å²) in [5, 5.41) is 9.18. The molecule has 0 amide bonds. The maximum Gasteiger partial charge on any atom is 0.320 e. The molecule has 80 valence electrons. The molecule has 0 aromatic heterocycles. The fraction of sp³-hybridized carbons (Fsp3) is 0.556. The second kappa shape index (κ2) is 6.15. The Balaban J connectivity index is 4.47. The first-order valence-corrected chi connectivity index (χ1v) is 4.03. The molecule has 0 spiro atoms. The van der Waals surface area contributed by atoms with Crippen LogP contribution in [-0.2, 0) is 19.1 Å². The van der Waals surface area contributed by atoms with Gasteiger partial charge in [-0.25, -0.2) is 0 Å². The van der Waals surface area contributed by atoms with Crippen LogP contribution in [0.15, 0.2) is 12.7 Å². The van der Waals surface area contributed by atoms with Gasteiger partial charge in [0.25, 0.3) is 0 Å². The minimum absolute atomic E-state index is 0.0805.